The summed E-state index contributed by atoms with van der Waals surface area (Å²) in [4.78, 5) is 3.90. The molecule has 1 heterocycles. The fourth-order valence-corrected chi connectivity index (χ4v) is 1.22. The number of benzene rings is 1. The summed E-state index contributed by atoms with van der Waals surface area (Å²) in [5.41, 5.74) is 11.4. The predicted octanol–water partition coefficient (Wildman–Crippen LogP) is 0.610. The average Bonchev–Trinajstić information content (AvgIpc) is 2.61. The Balaban J connectivity index is 0.00000112. The first-order valence-electron chi connectivity index (χ1n) is 4.19. The lowest BCUT2D eigenvalue weighted by atomic mass is 10.2. The standard InChI is InChI=1S/C9H11N3O2.ClH/c10-9(11)12-4-6-1-2-7-8(3-6)14-5-13-7;/h1-3H,4-5H2,(H4,10,11,12);1H. The van der Waals surface area contributed by atoms with Crippen LogP contribution in [-0.4, -0.2) is 12.8 Å². The molecule has 1 aromatic rings. The number of ether oxygens (including phenoxy) is 2. The number of rotatable bonds is 2. The normalized spacial score (nSPS) is 11.7. The van der Waals surface area contributed by atoms with Crippen molar-refractivity contribution in [2.24, 2.45) is 16.5 Å². The lowest BCUT2D eigenvalue weighted by Crippen LogP contribution is -2.22. The highest BCUT2D eigenvalue weighted by atomic mass is 35.5. The maximum atomic E-state index is 5.22. The minimum atomic E-state index is 0. The van der Waals surface area contributed by atoms with E-state index < -0.39 is 0 Å². The van der Waals surface area contributed by atoms with Gasteiger partial charge in [-0.05, 0) is 17.7 Å². The van der Waals surface area contributed by atoms with E-state index in [4.69, 9.17) is 20.9 Å². The number of nitrogens with zero attached hydrogens (tertiary/aromatic N) is 1. The van der Waals surface area contributed by atoms with Gasteiger partial charge >= 0.3 is 0 Å². The number of hydrogen-bond donors (Lipinski definition) is 2. The molecule has 0 amide bonds. The highest BCUT2D eigenvalue weighted by Crippen LogP contribution is 2.32. The third kappa shape index (κ3) is 2.66. The van der Waals surface area contributed by atoms with Crippen LogP contribution in [0.25, 0.3) is 0 Å². The Kier molecular flexibility index (Phi) is 3.62. The second kappa shape index (κ2) is 4.75. The zero-order valence-corrected chi connectivity index (χ0v) is 8.79. The van der Waals surface area contributed by atoms with Gasteiger partial charge < -0.3 is 20.9 Å². The highest BCUT2D eigenvalue weighted by Gasteiger charge is 2.12. The van der Waals surface area contributed by atoms with Gasteiger partial charge in [-0.2, -0.15) is 0 Å². The molecule has 1 aliphatic rings. The monoisotopic (exact) mass is 229 g/mol. The van der Waals surface area contributed by atoms with E-state index in [2.05, 4.69) is 4.99 Å². The van der Waals surface area contributed by atoms with Gasteiger partial charge in [0.25, 0.3) is 0 Å². The van der Waals surface area contributed by atoms with E-state index in [1.807, 2.05) is 18.2 Å². The van der Waals surface area contributed by atoms with E-state index >= 15 is 0 Å². The van der Waals surface area contributed by atoms with Crippen LogP contribution in [0.3, 0.4) is 0 Å². The van der Waals surface area contributed by atoms with Crippen LogP contribution in [-0.2, 0) is 6.54 Å². The van der Waals surface area contributed by atoms with E-state index in [0.29, 0.717) is 6.54 Å². The molecule has 15 heavy (non-hydrogen) atoms. The van der Waals surface area contributed by atoms with E-state index in [1.165, 1.54) is 0 Å². The summed E-state index contributed by atoms with van der Waals surface area (Å²) < 4.78 is 10.4. The fraction of sp³-hybridized carbons (Fsp3) is 0.222. The third-order valence-electron chi connectivity index (χ3n) is 1.88. The molecule has 0 saturated heterocycles. The molecular formula is C9H12ClN3O2. The van der Waals surface area contributed by atoms with Crippen LogP contribution >= 0.6 is 12.4 Å². The van der Waals surface area contributed by atoms with Crippen LogP contribution < -0.4 is 20.9 Å². The van der Waals surface area contributed by atoms with E-state index in [9.17, 15) is 0 Å². The Morgan fingerprint density at radius 1 is 1.27 bits per heavy atom. The molecular weight excluding hydrogens is 218 g/mol. The number of aliphatic imine (C=N–C) groups is 1. The van der Waals surface area contributed by atoms with Gasteiger partial charge in [-0.25, -0.2) is 4.99 Å². The molecule has 0 aliphatic carbocycles. The second-order valence-corrected chi connectivity index (χ2v) is 2.93. The van der Waals surface area contributed by atoms with Crippen LogP contribution in [0.5, 0.6) is 11.5 Å². The summed E-state index contributed by atoms with van der Waals surface area (Å²) in [5.74, 6) is 1.59. The summed E-state index contributed by atoms with van der Waals surface area (Å²) in [5, 5.41) is 0. The molecule has 0 bridgehead atoms. The van der Waals surface area contributed by atoms with Gasteiger partial charge in [0, 0.05) is 0 Å². The molecule has 1 aliphatic heterocycles. The molecule has 82 valence electrons. The SMILES string of the molecule is Cl.NC(N)=NCc1ccc2c(c1)OCO2. The van der Waals surface area contributed by atoms with Gasteiger partial charge in [0.1, 0.15) is 0 Å². The van der Waals surface area contributed by atoms with Crippen LogP contribution in [0, 0.1) is 0 Å². The zero-order valence-electron chi connectivity index (χ0n) is 7.97. The molecule has 0 atom stereocenters. The quantitative estimate of drug-likeness (QED) is 0.575. The van der Waals surface area contributed by atoms with E-state index in [0.717, 1.165) is 17.1 Å². The number of guanidine groups is 1. The van der Waals surface area contributed by atoms with Crippen LogP contribution in [0.4, 0.5) is 0 Å². The Morgan fingerprint density at radius 3 is 2.73 bits per heavy atom. The molecule has 2 rings (SSSR count). The van der Waals surface area contributed by atoms with Crippen LogP contribution in [0.1, 0.15) is 5.56 Å². The zero-order chi connectivity index (χ0) is 9.97. The van der Waals surface area contributed by atoms with Crippen LogP contribution in [0.2, 0.25) is 0 Å². The molecule has 0 aromatic heterocycles. The van der Waals surface area contributed by atoms with Crippen molar-refractivity contribution in [3.8, 4) is 11.5 Å². The molecule has 0 radical (unpaired) electrons. The number of nitrogens with two attached hydrogens (primary N) is 2. The Hall–Kier alpha value is -1.62. The van der Waals surface area contributed by atoms with Gasteiger partial charge in [0.15, 0.2) is 17.5 Å². The first-order chi connectivity index (χ1) is 6.75. The maximum Gasteiger partial charge on any atom is 0.231 e. The first kappa shape index (κ1) is 11.5. The Morgan fingerprint density at radius 2 is 2.00 bits per heavy atom. The van der Waals surface area contributed by atoms with Crippen molar-refractivity contribution in [3.63, 3.8) is 0 Å². The topological polar surface area (TPSA) is 82.9 Å². The van der Waals surface area contributed by atoms with E-state index in [1.54, 1.807) is 0 Å². The van der Waals surface area contributed by atoms with Crippen molar-refractivity contribution in [3.05, 3.63) is 23.8 Å². The molecule has 1 aromatic carbocycles. The molecule has 5 nitrogen and oxygen atoms in total. The Bertz CT molecular complexity index is 378. The smallest absolute Gasteiger partial charge is 0.231 e. The highest BCUT2D eigenvalue weighted by molar-refractivity contribution is 5.85. The second-order valence-electron chi connectivity index (χ2n) is 2.93. The first-order valence-corrected chi connectivity index (χ1v) is 4.19. The van der Waals surface area contributed by atoms with Gasteiger partial charge in [-0.15, -0.1) is 12.4 Å². The minimum absolute atomic E-state index is 0. The molecule has 0 spiro atoms. The maximum absolute atomic E-state index is 5.22. The Labute approximate surface area is 93.5 Å². The molecule has 0 saturated carbocycles. The summed E-state index contributed by atoms with van der Waals surface area (Å²) in [6.07, 6.45) is 0. The fourth-order valence-electron chi connectivity index (χ4n) is 1.22. The predicted molar refractivity (Wildman–Crippen MR) is 59.3 cm³/mol. The lowest BCUT2D eigenvalue weighted by molar-refractivity contribution is 0.174. The molecule has 6 heteroatoms. The molecule has 0 fully saturated rings. The summed E-state index contributed by atoms with van der Waals surface area (Å²) in [6, 6.07) is 5.62. The van der Waals surface area contributed by atoms with Crippen LogP contribution in [0.15, 0.2) is 23.2 Å². The molecule has 0 unspecified atom stereocenters. The van der Waals surface area contributed by atoms with E-state index in [-0.39, 0.29) is 25.2 Å². The van der Waals surface area contributed by atoms with Crippen molar-refractivity contribution in [1.29, 1.82) is 0 Å². The van der Waals surface area contributed by atoms with Crippen molar-refractivity contribution < 1.29 is 9.47 Å². The van der Waals surface area contributed by atoms with Crippen molar-refractivity contribution in [1.82, 2.24) is 0 Å². The third-order valence-corrected chi connectivity index (χ3v) is 1.88. The van der Waals surface area contributed by atoms with Gasteiger partial charge in [-0.3, -0.25) is 0 Å². The minimum Gasteiger partial charge on any atom is -0.454 e. The largest absolute Gasteiger partial charge is 0.454 e. The van der Waals surface area contributed by atoms with Crippen molar-refractivity contribution >= 4 is 18.4 Å². The van der Waals surface area contributed by atoms with Gasteiger partial charge in [0.05, 0.1) is 6.54 Å². The summed E-state index contributed by atoms with van der Waals surface area (Å²) in [6.45, 7) is 0.736. The van der Waals surface area contributed by atoms with Crippen molar-refractivity contribution in [2.75, 3.05) is 6.79 Å². The molecule has 4 N–H and O–H groups in total. The number of fused-ring (bicyclic) bond motifs is 1. The summed E-state index contributed by atoms with van der Waals surface area (Å²) in [7, 11) is 0. The van der Waals surface area contributed by atoms with Crippen molar-refractivity contribution in [2.45, 2.75) is 6.54 Å². The average molecular weight is 230 g/mol. The number of halogens is 1. The lowest BCUT2D eigenvalue weighted by Gasteiger charge is -1.99. The number of hydrogen-bond acceptors (Lipinski definition) is 3. The van der Waals surface area contributed by atoms with Gasteiger partial charge in [0.2, 0.25) is 6.79 Å². The van der Waals surface area contributed by atoms with Gasteiger partial charge in [-0.1, -0.05) is 6.07 Å². The summed E-state index contributed by atoms with van der Waals surface area (Å²) >= 11 is 0.